The summed E-state index contributed by atoms with van der Waals surface area (Å²) >= 11 is 0. The van der Waals surface area contributed by atoms with Crippen molar-refractivity contribution in [1.29, 1.82) is 5.26 Å². The standard InChI is InChI=1S/C16H22N4O/c17-10-14-3-4-16(18-11-14)20-7-5-19(6-8-20)12-15-2-1-9-21-13-15/h3-4,11,15H,1-2,5-9,12-13H2. The molecular formula is C16H22N4O. The third-order valence-electron chi connectivity index (χ3n) is 4.34. The van der Waals surface area contributed by atoms with E-state index in [1.807, 2.05) is 12.1 Å². The quantitative estimate of drug-likeness (QED) is 0.843. The number of pyridine rings is 1. The summed E-state index contributed by atoms with van der Waals surface area (Å²) in [5.41, 5.74) is 0.620. The molecule has 0 N–H and O–H groups in total. The summed E-state index contributed by atoms with van der Waals surface area (Å²) in [5.74, 6) is 1.69. The van der Waals surface area contributed by atoms with Gasteiger partial charge < -0.3 is 9.64 Å². The summed E-state index contributed by atoms with van der Waals surface area (Å²) in [6, 6.07) is 5.90. The maximum absolute atomic E-state index is 8.81. The molecule has 0 bridgehead atoms. The van der Waals surface area contributed by atoms with E-state index in [4.69, 9.17) is 10.00 Å². The number of rotatable bonds is 3. The first-order valence-electron chi connectivity index (χ1n) is 7.76. The molecule has 0 spiro atoms. The summed E-state index contributed by atoms with van der Waals surface area (Å²) in [6.45, 7) is 7.20. The van der Waals surface area contributed by atoms with Crippen LogP contribution in [0.4, 0.5) is 5.82 Å². The van der Waals surface area contributed by atoms with Crippen LogP contribution in [-0.4, -0.2) is 55.8 Å². The normalized spacial score (nSPS) is 23.8. The van der Waals surface area contributed by atoms with Crippen molar-refractivity contribution in [3.05, 3.63) is 23.9 Å². The topological polar surface area (TPSA) is 52.4 Å². The number of hydrogen-bond acceptors (Lipinski definition) is 5. The second-order valence-electron chi connectivity index (χ2n) is 5.89. The Bertz CT molecular complexity index is 482. The van der Waals surface area contributed by atoms with Gasteiger partial charge >= 0.3 is 0 Å². The Labute approximate surface area is 126 Å². The molecule has 0 radical (unpaired) electrons. The van der Waals surface area contributed by atoms with E-state index in [-0.39, 0.29) is 0 Å². The minimum absolute atomic E-state index is 0.620. The van der Waals surface area contributed by atoms with E-state index >= 15 is 0 Å². The SMILES string of the molecule is N#Cc1ccc(N2CCN(CC3CCCOC3)CC2)nc1. The Morgan fingerprint density at radius 3 is 2.76 bits per heavy atom. The van der Waals surface area contributed by atoms with Crippen molar-refractivity contribution < 1.29 is 4.74 Å². The molecule has 21 heavy (non-hydrogen) atoms. The van der Waals surface area contributed by atoms with Gasteiger partial charge in [0.1, 0.15) is 11.9 Å². The van der Waals surface area contributed by atoms with Crippen molar-refractivity contribution in [2.24, 2.45) is 5.92 Å². The Morgan fingerprint density at radius 2 is 2.14 bits per heavy atom. The molecule has 1 aromatic rings. The smallest absolute Gasteiger partial charge is 0.128 e. The van der Waals surface area contributed by atoms with E-state index in [0.717, 1.165) is 51.8 Å². The van der Waals surface area contributed by atoms with Gasteiger partial charge in [0, 0.05) is 45.5 Å². The van der Waals surface area contributed by atoms with Crippen LogP contribution < -0.4 is 4.90 Å². The van der Waals surface area contributed by atoms with Crippen LogP contribution in [0.5, 0.6) is 0 Å². The molecule has 5 nitrogen and oxygen atoms in total. The van der Waals surface area contributed by atoms with E-state index in [1.165, 1.54) is 12.8 Å². The second kappa shape index (κ2) is 6.88. The summed E-state index contributed by atoms with van der Waals surface area (Å²) in [4.78, 5) is 9.22. The van der Waals surface area contributed by atoms with E-state index in [0.29, 0.717) is 11.5 Å². The van der Waals surface area contributed by atoms with Crippen LogP contribution in [0, 0.1) is 17.2 Å². The van der Waals surface area contributed by atoms with Crippen molar-refractivity contribution in [3.63, 3.8) is 0 Å². The Kier molecular flexibility index (Phi) is 4.69. The summed E-state index contributed by atoms with van der Waals surface area (Å²) < 4.78 is 5.56. The number of anilines is 1. The lowest BCUT2D eigenvalue weighted by Gasteiger charge is -2.37. The first-order valence-corrected chi connectivity index (χ1v) is 7.76. The average Bonchev–Trinajstić information content (AvgIpc) is 2.57. The molecule has 3 heterocycles. The largest absolute Gasteiger partial charge is 0.381 e. The molecule has 1 unspecified atom stereocenters. The zero-order chi connectivity index (χ0) is 14.5. The zero-order valence-corrected chi connectivity index (χ0v) is 12.4. The first-order chi connectivity index (χ1) is 10.3. The predicted octanol–water partition coefficient (Wildman–Crippen LogP) is 1.50. The molecule has 1 aromatic heterocycles. The molecule has 0 saturated carbocycles. The molecule has 3 rings (SSSR count). The summed E-state index contributed by atoms with van der Waals surface area (Å²) in [7, 11) is 0. The molecule has 2 fully saturated rings. The first kappa shape index (κ1) is 14.3. The Hall–Kier alpha value is -1.64. The van der Waals surface area contributed by atoms with Crippen molar-refractivity contribution in [2.45, 2.75) is 12.8 Å². The highest BCUT2D eigenvalue weighted by atomic mass is 16.5. The third kappa shape index (κ3) is 3.72. The fourth-order valence-electron chi connectivity index (χ4n) is 3.12. The fourth-order valence-corrected chi connectivity index (χ4v) is 3.12. The van der Waals surface area contributed by atoms with Crippen LogP contribution in [0.15, 0.2) is 18.3 Å². The van der Waals surface area contributed by atoms with Crippen molar-refractivity contribution in [3.8, 4) is 6.07 Å². The van der Waals surface area contributed by atoms with E-state index in [1.54, 1.807) is 6.20 Å². The van der Waals surface area contributed by atoms with Crippen LogP contribution >= 0.6 is 0 Å². The van der Waals surface area contributed by atoms with Gasteiger partial charge in [0.2, 0.25) is 0 Å². The van der Waals surface area contributed by atoms with E-state index < -0.39 is 0 Å². The number of hydrogen-bond donors (Lipinski definition) is 0. The van der Waals surface area contributed by atoms with Gasteiger partial charge in [-0.25, -0.2) is 4.98 Å². The number of ether oxygens (including phenoxy) is 1. The van der Waals surface area contributed by atoms with Gasteiger partial charge in [-0.05, 0) is 30.9 Å². The molecule has 2 saturated heterocycles. The van der Waals surface area contributed by atoms with Gasteiger partial charge in [-0.3, -0.25) is 4.90 Å². The monoisotopic (exact) mass is 286 g/mol. The van der Waals surface area contributed by atoms with Gasteiger partial charge in [0.05, 0.1) is 12.2 Å². The average molecular weight is 286 g/mol. The maximum atomic E-state index is 8.81. The molecule has 2 aliphatic heterocycles. The van der Waals surface area contributed by atoms with E-state index in [9.17, 15) is 0 Å². The van der Waals surface area contributed by atoms with Crippen molar-refractivity contribution >= 4 is 5.82 Å². The maximum Gasteiger partial charge on any atom is 0.128 e. The van der Waals surface area contributed by atoms with Crippen molar-refractivity contribution in [1.82, 2.24) is 9.88 Å². The molecule has 5 heteroatoms. The number of piperazine rings is 1. The fraction of sp³-hybridized carbons (Fsp3) is 0.625. The van der Waals surface area contributed by atoms with Crippen LogP contribution in [0.2, 0.25) is 0 Å². The lowest BCUT2D eigenvalue weighted by molar-refractivity contribution is 0.0377. The minimum atomic E-state index is 0.620. The lowest BCUT2D eigenvalue weighted by Crippen LogP contribution is -2.48. The van der Waals surface area contributed by atoms with Gasteiger partial charge in [0.15, 0.2) is 0 Å². The molecule has 112 valence electrons. The Balaban J connectivity index is 1.49. The number of aromatic nitrogens is 1. The van der Waals surface area contributed by atoms with Crippen LogP contribution in [-0.2, 0) is 4.74 Å². The van der Waals surface area contributed by atoms with Gasteiger partial charge in [0.25, 0.3) is 0 Å². The highest BCUT2D eigenvalue weighted by molar-refractivity contribution is 5.42. The molecule has 0 aliphatic carbocycles. The lowest BCUT2D eigenvalue weighted by atomic mass is 10.0. The number of nitrogens with zero attached hydrogens (tertiary/aromatic N) is 4. The third-order valence-corrected chi connectivity index (χ3v) is 4.34. The van der Waals surface area contributed by atoms with Crippen LogP contribution in [0.3, 0.4) is 0 Å². The molecule has 0 aromatic carbocycles. The van der Waals surface area contributed by atoms with Crippen LogP contribution in [0.25, 0.3) is 0 Å². The molecule has 1 atom stereocenters. The highest BCUT2D eigenvalue weighted by Crippen LogP contribution is 2.18. The highest BCUT2D eigenvalue weighted by Gasteiger charge is 2.22. The second-order valence-corrected chi connectivity index (χ2v) is 5.89. The Morgan fingerprint density at radius 1 is 1.29 bits per heavy atom. The summed E-state index contributed by atoms with van der Waals surface area (Å²) in [5, 5.41) is 8.81. The van der Waals surface area contributed by atoms with Gasteiger partial charge in [-0.1, -0.05) is 0 Å². The molecular weight excluding hydrogens is 264 g/mol. The van der Waals surface area contributed by atoms with Crippen LogP contribution in [0.1, 0.15) is 18.4 Å². The zero-order valence-electron chi connectivity index (χ0n) is 12.4. The number of nitriles is 1. The minimum Gasteiger partial charge on any atom is -0.381 e. The summed E-state index contributed by atoms with van der Waals surface area (Å²) in [6.07, 6.45) is 4.16. The molecule has 0 amide bonds. The van der Waals surface area contributed by atoms with E-state index in [2.05, 4.69) is 20.9 Å². The van der Waals surface area contributed by atoms with Gasteiger partial charge in [-0.2, -0.15) is 5.26 Å². The predicted molar refractivity (Wildman–Crippen MR) is 81.1 cm³/mol. The van der Waals surface area contributed by atoms with Gasteiger partial charge in [-0.15, -0.1) is 0 Å². The van der Waals surface area contributed by atoms with Crippen molar-refractivity contribution in [2.75, 3.05) is 50.8 Å². The molecule has 2 aliphatic rings.